The number of ether oxygens (including phenoxy) is 1. The minimum Gasteiger partial charge on any atom is -0.377 e. The van der Waals surface area contributed by atoms with Crippen LogP contribution in [0.2, 0.25) is 0 Å². The van der Waals surface area contributed by atoms with Gasteiger partial charge in [0.05, 0.1) is 11.4 Å². The van der Waals surface area contributed by atoms with Gasteiger partial charge < -0.3 is 4.74 Å². The van der Waals surface area contributed by atoms with Crippen molar-refractivity contribution in [2.24, 2.45) is 11.8 Å². The zero-order valence-corrected chi connectivity index (χ0v) is 8.47. The molecule has 2 nitrogen and oxygen atoms in total. The first-order valence-corrected chi connectivity index (χ1v) is 6.07. The van der Waals surface area contributed by atoms with E-state index in [0.29, 0.717) is 23.2 Å². The first-order chi connectivity index (χ1) is 5.70. The standard InChI is InChI=1S/C9H16O2S/c1-6(2)7-5-12(10)8-3-4-11-9(7)8/h6-9H,3-5H2,1-2H3. The Morgan fingerprint density at radius 2 is 2.25 bits per heavy atom. The minimum atomic E-state index is -0.604. The fourth-order valence-corrected chi connectivity index (χ4v) is 4.39. The molecular weight excluding hydrogens is 172 g/mol. The average molecular weight is 188 g/mol. The Morgan fingerprint density at radius 1 is 1.50 bits per heavy atom. The van der Waals surface area contributed by atoms with E-state index in [9.17, 15) is 4.21 Å². The molecule has 2 aliphatic heterocycles. The summed E-state index contributed by atoms with van der Waals surface area (Å²) in [7, 11) is -0.604. The topological polar surface area (TPSA) is 26.3 Å². The van der Waals surface area contributed by atoms with Crippen LogP contribution in [0.25, 0.3) is 0 Å². The van der Waals surface area contributed by atoms with E-state index in [1.807, 2.05) is 0 Å². The van der Waals surface area contributed by atoms with Crippen LogP contribution in [0.3, 0.4) is 0 Å². The Bertz CT molecular complexity index is 203. The Kier molecular flexibility index (Phi) is 2.25. The molecule has 0 spiro atoms. The Labute approximate surface area is 76.1 Å². The largest absolute Gasteiger partial charge is 0.377 e. The van der Waals surface area contributed by atoms with Crippen molar-refractivity contribution in [3.05, 3.63) is 0 Å². The van der Waals surface area contributed by atoms with Crippen molar-refractivity contribution in [2.75, 3.05) is 12.4 Å². The van der Waals surface area contributed by atoms with Crippen molar-refractivity contribution >= 4 is 10.8 Å². The molecule has 70 valence electrons. The molecule has 0 N–H and O–H groups in total. The average Bonchev–Trinajstić information content (AvgIpc) is 2.53. The molecule has 12 heavy (non-hydrogen) atoms. The molecule has 4 atom stereocenters. The molecule has 0 amide bonds. The van der Waals surface area contributed by atoms with Gasteiger partial charge in [0.2, 0.25) is 0 Å². The van der Waals surface area contributed by atoms with Crippen molar-refractivity contribution in [1.82, 2.24) is 0 Å². The molecule has 0 aliphatic carbocycles. The van der Waals surface area contributed by atoms with Gasteiger partial charge in [-0.2, -0.15) is 0 Å². The lowest BCUT2D eigenvalue weighted by molar-refractivity contribution is 0.0619. The molecule has 2 fully saturated rings. The van der Waals surface area contributed by atoms with E-state index < -0.39 is 10.8 Å². The zero-order valence-electron chi connectivity index (χ0n) is 7.66. The number of hydrogen-bond acceptors (Lipinski definition) is 2. The van der Waals surface area contributed by atoms with E-state index in [1.54, 1.807) is 0 Å². The third-order valence-electron chi connectivity index (χ3n) is 3.05. The molecule has 2 aliphatic rings. The number of rotatable bonds is 1. The van der Waals surface area contributed by atoms with Crippen LogP contribution in [0.15, 0.2) is 0 Å². The molecular formula is C9H16O2S. The summed E-state index contributed by atoms with van der Waals surface area (Å²) in [5, 5.41) is 0.359. The third-order valence-corrected chi connectivity index (χ3v) is 4.94. The maximum absolute atomic E-state index is 11.6. The van der Waals surface area contributed by atoms with Gasteiger partial charge in [-0.3, -0.25) is 4.21 Å². The highest BCUT2D eigenvalue weighted by Gasteiger charge is 2.46. The third kappa shape index (κ3) is 1.23. The Balaban J connectivity index is 2.14. The fourth-order valence-electron chi connectivity index (χ4n) is 2.25. The predicted molar refractivity (Wildman–Crippen MR) is 49.5 cm³/mol. The second-order valence-corrected chi connectivity index (χ2v) is 5.82. The van der Waals surface area contributed by atoms with Crippen LogP contribution < -0.4 is 0 Å². The predicted octanol–water partition coefficient (Wildman–Crippen LogP) is 1.18. The molecule has 2 saturated heterocycles. The van der Waals surface area contributed by atoms with Crippen molar-refractivity contribution in [3.8, 4) is 0 Å². The summed E-state index contributed by atoms with van der Waals surface area (Å²) < 4.78 is 17.2. The van der Waals surface area contributed by atoms with E-state index in [2.05, 4.69) is 13.8 Å². The normalized spacial score (nSPS) is 46.9. The van der Waals surface area contributed by atoms with Gasteiger partial charge in [0.25, 0.3) is 0 Å². The second-order valence-electron chi connectivity index (χ2n) is 4.12. The van der Waals surface area contributed by atoms with Crippen LogP contribution in [0, 0.1) is 11.8 Å². The van der Waals surface area contributed by atoms with E-state index in [1.165, 1.54) is 0 Å². The van der Waals surface area contributed by atoms with Crippen LogP contribution in [0.1, 0.15) is 20.3 Å². The highest BCUT2D eigenvalue weighted by molar-refractivity contribution is 7.86. The molecule has 4 unspecified atom stereocenters. The summed E-state index contributed by atoms with van der Waals surface area (Å²) in [4.78, 5) is 0. The van der Waals surface area contributed by atoms with Crippen LogP contribution in [-0.4, -0.2) is 27.9 Å². The van der Waals surface area contributed by atoms with Gasteiger partial charge in [0.1, 0.15) is 0 Å². The second kappa shape index (κ2) is 3.11. The smallest absolute Gasteiger partial charge is 0.0758 e. The summed E-state index contributed by atoms with van der Waals surface area (Å²) in [6.45, 7) is 5.22. The zero-order chi connectivity index (χ0) is 8.72. The van der Waals surface area contributed by atoms with Crippen LogP contribution >= 0.6 is 0 Å². The summed E-state index contributed by atoms with van der Waals surface area (Å²) in [6.07, 6.45) is 1.33. The summed E-state index contributed by atoms with van der Waals surface area (Å²) in [6, 6.07) is 0. The molecule has 0 aromatic heterocycles. The lowest BCUT2D eigenvalue weighted by Crippen LogP contribution is -2.26. The van der Waals surface area contributed by atoms with E-state index in [4.69, 9.17) is 4.74 Å². The monoisotopic (exact) mass is 188 g/mol. The molecule has 0 saturated carbocycles. The summed E-state index contributed by atoms with van der Waals surface area (Å²) >= 11 is 0. The van der Waals surface area contributed by atoms with Crippen molar-refractivity contribution < 1.29 is 8.95 Å². The first-order valence-electron chi connectivity index (χ1n) is 4.69. The molecule has 0 aromatic carbocycles. The van der Waals surface area contributed by atoms with Crippen molar-refractivity contribution in [1.29, 1.82) is 0 Å². The molecule has 2 heterocycles. The Hall–Kier alpha value is 0.110. The van der Waals surface area contributed by atoms with Gasteiger partial charge in [-0.05, 0) is 12.3 Å². The van der Waals surface area contributed by atoms with Crippen LogP contribution in [0.5, 0.6) is 0 Å². The first kappa shape index (κ1) is 8.70. The molecule has 0 radical (unpaired) electrons. The van der Waals surface area contributed by atoms with Gasteiger partial charge in [-0.1, -0.05) is 13.8 Å². The van der Waals surface area contributed by atoms with Crippen molar-refractivity contribution in [3.63, 3.8) is 0 Å². The summed E-state index contributed by atoms with van der Waals surface area (Å²) in [5.41, 5.74) is 0. The maximum Gasteiger partial charge on any atom is 0.0758 e. The van der Waals surface area contributed by atoms with E-state index >= 15 is 0 Å². The van der Waals surface area contributed by atoms with Gasteiger partial charge in [0, 0.05) is 29.1 Å². The SMILES string of the molecule is CC(C)C1CS(=O)C2CCOC12. The minimum absolute atomic E-state index is 0.311. The fraction of sp³-hybridized carbons (Fsp3) is 1.00. The van der Waals surface area contributed by atoms with Gasteiger partial charge >= 0.3 is 0 Å². The van der Waals surface area contributed by atoms with Gasteiger partial charge in [-0.25, -0.2) is 0 Å². The molecule has 0 bridgehead atoms. The van der Waals surface area contributed by atoms with E-state index in [0.717, 1.165) is 18.8 Å². The van der Waals surface area contributed by atoms with Crippen LogP contribution in [0.4, 0.5) is 0 Å². The van der Waals surface area contributed by atoms with Crippen LogP contribution in [-0.2, 0) is 15.5 Å². The highest BCUT2D eigenvalue weighted by atomic mass is 32.2. The molecule has 0 aromatic rings. The maximum atomic E-state index is 11.6. The molecule has 2 rings (SSSR count). The lowest BCUT2D eigenvalue weighted by atomic mass is 9.91. The van der Waals surface area contributed by atoms with E-state index in [-0.39, 0.29) is 0 Å². The summed E-state index contributed by atoms with van der Waals surface area (Å²) in [5.74, 6) is 2.02. The lowest BCUT2D eigenvalue weighted by Gasteiger charge is -2.19. The Morgan fingerprint density at radius 3 is 2.92 bits per heavy atom. The van der Waals surface area contributed by atoms with Gasteiger partial charge in [-0.15, -0.1) is 0 Å². The number of hydrogen-bond donors (Lipinski definition) is 0. The molecule has 3 heteroatoms. The quantitative estimate of drug-likeness (QED) is 0.617. The highest BCUT2D eigenvalue weighted by Crippen LogP contribution is 2.36. The van der Waals surface area contributed by atoms with Crippen molar-refractivity contribution in [2.45, 2.75) is 31.6 Å². The number of fused-ring (bicyclic) bond motifs is 1. The van der Waals surface area contributed by atoms with Gasteiger partial charge in [0.15, 0.2) is 0 Å².